The predicted molar refractivity (Wildman–Crippen MR) is 70.7 cm³/mol. The quantitative estimate of drug-likeness (QED) is 0.639. The van der Waals surface area contributed by atoms with Crippen molar-refractivity contribution in [1.82, 2.24) is 5.32 Å². The smallest absolute Gasteiger partial charge is 0.163 e. The van der Waals surface area contributed by atoms with E-state index in [0.717, 1.165) is 10.5 Å². The van der Waals surface area contributed by atoms with Crippen molar-refractivity contribution in [2.45, 2.75) is 26.4 Å². The van der Waals surface area contributed by atoms with E-state index in [1.807, 2.05) is 0 Å². The zero-order chi connectivity index (χ0) is 12.1. The summed E-state index contributed by atoms with van der Waals surface area (Å²) in [6, 6.07) is 4.60. The molecule has 16 heavy (non-hydrogen) atoms. The Morgan fingerprint density at radius 2 is 2.00 bits per heavy atom. The van der Waals surface area contributed by atoms with Gasteiger partial charge in [-0.1, -0.05) is 48.6 Å². The molecule has 1 N–H and O–H groups in total. The average Bonchev–Trinajstić information content (AvgIpc) is 2.24. The average molecular weight is 339 g/mol. The first kappa shape index (κ1) is 13.8. The molecule has 1 aromatic rings. The van der Waals surface area contributed by atoms with E-state index in [9.17, 15) is 8.78 Å². The largest absolute Gasteiger partial charge is 0.309 e. The van der Waals surface area contributed by atoms with Gasteiger partial charge in [-0.05, 0) is 12.0 Å². The Labute approximate surface area is 109 Å². The van der Waals surface area contributed by atoms with Crippen LogP contribution in [0.1, 0.15) is 19.4 Å². The van der Waals surface area contributed by atoms with Crippen molar-refractivity contribution < 1.29 is 8.78 Å². The fourth-order valence-electron chi connectivity index (χ4n) is 1.39. The minimum atomic E-state index is -0.783. The molecule has 0 bridgehead atoms. The Hall–Kier alpha value is -0.230. The van der Waals surface area contributed by atoms with Gasteiger partial charge in [-0.25, -0.2) is 8.78 Å². The molecular weight excluding hydrogens is 323 g/mol. The lowest BCUT2D eigenvalue weighted by Gasteiger charge is -2.20. The summed E-state index contributed by atoms with van der Waals surface area (Å²) in [5.41, 5.74) is 0.385. The Bertz CT molecular complexity index is 342. The first-order valence-electron chi connectivity index (χ1n) is 5.28. The first-order chi connectivity index (χ1) is 7.56. The standard InChI is InChI=1S/C12H16F2IN/c1-8(2)11(6-15)16-7-9-4-3-5-10(13)12(9)14/h3-5,8,11,16H,6-7H2,1-2H3. The highest BCUT2D eigenvalue weighted by Gasteiger charge is 2.13. The third kappa shape index (κ3) is 3.66. The van der Waals surface area contributed by atoms with E-state index in [-0.39, 0.29) is 0 Å². The molecule has 0 aliphatic heterocycles. The molecule has 90 valence electrons. The molecule has 1 nitrogen and oxygen atoms in total. The summed E-state index contributed by atoms with van der Waals surface area (Å²) in [7, 11) is 0. The monoisotopic (exact) mass is 339 g/mol. The van der Waals surface area contributed by atoms with Crippen molar-refractivity contribution in [2.24, 2.45) is 5.92 Å². The number of nitrogens with one attached hydrogen (secondary N) is 1. The molecule has 0 aliphatic rings. The van der Waals surface area contributed by atoms with Gasteiger partial charge in [0, 0.05) is 22.6 Å². The molecule has 0 radical (unpaired) electrons. The van der Waals surface area contributed by atoms with Crippen LogP contribution in [0.5, 0.6) is 0 Å². The SMILES string of the molecule is CC(C)C(CI)NCc1cccc(F)c1F. The van der Waals surface area contributed by atoms with Crippen molar-refractivity contribution in [3.8, 4) is 0 Å². The number of hydrogen-bond donors (Lipinski definition) is 1. The van der Waals surface area contributed by atoms with Crippen molar-refractivity contribution in [3.05, 3.63) is 35.4 Å². The molecule has 1 atom stereocenters. The van der Waals surface area contributed by atoms with E-state index in [1.165, 1.54) is 6.07 Å². The molecule has 0 heterocycles. The van der Waals surface area contributed by atoms with Gasteiger partial charge >= 0.3 is 0 Å². The first-order valence-corrected chi connectivity index (χ1v) is 6.81. The third-order valence-corrected chi connectivity index (χ3v) is 3.51. The second kappa shape index (κ2) is 6.49. The van der Waals surface area contributed by atoms with Crippen LogP contribution in [-0.4, -0.2) is 10.5 Å². The second-order valence-corrected chi connectivity index (χ2v) is 4.98. The minimum absolute atomic E-state index is 0.322. The Morgan fingerprint density at radius 3 is 2.56 bits per heavy atom. The fourth-order valence-corrected chi connectivity index (χ4v) is 2.72. The van der Waals surface area contributed by atoms with Crippen LogP contribution in [0.4, 0.5) is 8.78 Å². The summed E-state index contributed by atoms with van der Waals surface area (Å²) in [5, 5.41) is 3.24. The molecule has 4 heteroatoms. The molecule has 1 aromatic carbocycles. The van der Waals surface area contributed by atoms with Gasteiger partial charge < -0.3 is 5.32 Å². The molecule has 0 aromatic heterocycles. The van der Waals surface area contributed by atoms with Crippen LogP contribution in [0.15, 0.2) is 18.2 Å². The van der Waals surface area contributed by atoms with Crippen LogP contribution in [0.25, 0.3) is 0 Å². The number of alkyl halides is 1. The van der Waals surface area contributed by atoms with Crippen molar-refractivity contribution in [1.29, 1.82) is 0 Å². The fraction of sp³-hybridized carbons (Fsp3) is 0.500. The van der Waals surface area contributed by atoms with Gasteiger partial charge in [-0.15, -0.1) is 0 Å². The van der Waals surface area contributed by atoms with Crippen molar-refractivity contribution in [2.75, 3.05) is 4.43 Å². The zero-order valence-corrected chi connectivity index (χ0v) is 11.6. The number of hydrogen-bond acceptors (Lipinski definition) is 1. The highest BCUT2D eigenvalue weighted by molar-refractivity contribution is 14.1. The van der Waals surface area contributed by atoms with E-state index in [0.29, 0.717) is 24.1 Å². The van der Waals surface area contributed by atoms with Crippen LogP contribution in [0.2, 0.25) is 0 Å². The maximum Gasteiger partial charge on any atom is 0.163 e. The van der Waals surface area contributed by atoms with E-state index in [2.05, 4.69) is 41.8 Å². The van der Waals surface area contributed by atoms with Crippen molar-refractivity contribution in [3.63, 3.8) is 0 Å². The molecule has 0 saturated heterocycles. The summed E-state index contributed by atoms with van der Waals surface area (Å²) in [4.78, 5) is 0. The molecular formula is C12H16F2IN. The topological polar surface area (TPSA) is 12.0 Å². The lowest BCUT2D eigenvalue weighted by atomic mass is 10.1. The number of rotatable bonds is 5. The normalized spacial score (nSPS) is 13.1. The second-order valence-electron chi connectivity index (χ2n) is 4.10. The summed E-state index contributed by atoms with van der Waals surface area (Å²) in [6.07, 6.45) is 0. The van der Waals surface area contributed by atoms with Crippen molar-refractivity contribution >= 4 is 22.6 Å². The highest BCUT2D eigenvalue weighted by atomic mass is 127. The van der Waals surface area contributed by atoms with Gasteiger partial charge in [0.25, 0.3) is 0 Å². The third-order valence-electron chi connectivity index (χ3n) is 2.56. The molecule has 0 aliphatic carbocycles. The Morgan fingerprint density at radius 1 is 1.31 bits per heavy atom. The van der Waals surface area contributed by atoms with Gasteiger partial charge in [-0.3, -0.25) is 0 Å². The highest BCUT2D eigenvalue weighted by Crippen LogP contribution is 2.12. The van der Waals surface area contributed by atoms with Crippen LogP contribution in [0, 0.1) is 17.6 Å². The minimum Gasteiger partial charge on any atom is -0.309 e. The lowest BCUT2D eigenvalue weighted by molar-refractivity contribution is 0.426. The van der Waals surface area contributed by atoms with E-state index >= 15 is 0 Å². The summed E-state index contributed by atoms with van der Waals surface area (Å²) in [5.74, 6) is -1.05. The van der Waals surface area contributed by atoms with E-state index in [1.54, 1.807) is 6.07 Å². The van der Waals surface area contributed by atoms with Gasteiger partial charge in [0.05, 0.1) is 0 Å². The van der Waals surface area contributed by atoms with Gasteiger partial charge in [-0.2, -0.15) is 0 Å². The molecule has 1 unspecified atom stereocenters. The number of benzene rings is 1. The number of halogens is 3. The van der Waals surface area contributed by atoms with E-state index in [4.69, 9.17) is 0 Å². The van der Waals surface area contributed by atoms with Gasteiger partial charge in [0.15, 0.2) is 11.6 Å². The van der Waals surface area contributed by atoms with Gasteiger partial charge in [0.1, 0.15) is 0 Å². The van der Waals surface area contributed by atoms with E-state index < -0.39 is 11.6 Å². The zero-order valence-electron chi connectivity index (χ0n) is 9.43. The molecule has 0 amide bonds. The van der Waals surface area contributed by atoms with Crippen LogP contribution < -0.4 is 5.32 Å². The molecule has 1 rings (SSSR count). The molecule has 0 saturated carbocycles. The van der Waals surface area contributed by atoms with Gasteiger partial charge in [0.2, 0.25) is 0 Å². The van der Waals surface area contributed by atoms with Crippen LogP contribution in [-0.2, 0) is 6.54 Å². The molecule has 0 spiro atoms. The maximum atomic E-state index is 13.3. The maximum absolute atomic E-state index is 13.3. The lowest BCUT2D eigenvalue weighted by Crippen LogP contribution is -2.35. The summed E-state index contributed by atoms with van der Waals surface area (Å²) < 4.78 is 27.2. The van der Waals surface area contributed by atoms with Crippen LogP contribution in [0.3, 0.4) is 0 Å². The summed E-state index contributed by atoms with van der Waals surface area (Å²) in [6.45, 7) is 4.59. The Kier molecular flexibility index (Phi) is 5.61. The predicted octanol–water partition coefficient (Wildman–Crippen LogP) is 3.51. The molecule has 0 fully saturated rings. The Balaban J connectivity index is 2.64. The van der Waals surface area contributed by atoms with Crippen LogP contribution >= 0.6 is 22.6 Å². The summed E-state index contributed by atoms with van der Waals surface area (Å²) >= 11 is 2.29.